The summed E-state index contributed by atoms with van der Waals surface area (Å²) in [5.74, 6) is -0.219. The third kappa shape index (κ3) is 5.64. The summed E-state index contributed by atoms with van der Waals surface area (Å²) in [6.45, 7) is -0.436. The maximum absolute atomic E-state index is 13.7. The van der Waals surface area contributed by atoms with Gasteiger partial charge in [0.2, 0.25) is 0 Å². The van der Waals surface area contributed by atoms with E-state index in [-0.39, 0.29) is 23.6 Å². The topological polar surface area (TPSA) is 67.9 Å². The summed E-state index contributed by atoms with van der Waals surface area (Å²) in [7, 11) is 1.18. The van der Waals surface area contributed by atoms with Crippen molar-refractivity contribution in [1.82, 2.24) is 9.55 Å². The molecule has 0 unspecified atom stereocenters. The summed E-state index contributed by atoms with van der Waals surface area (Å²) in [6.07, 6.45) is -9.18. The van der Waals surface area contributed by atoms with E-state index in [4.69, 9.17) is 10.00 Å². The lowest BCUT2D eigenvalue weighted by Crippen LogP contribution is -2.15. The molecule has 0 saturated carbocycles. The van der Waals surface area contributed by atoms with Crippen molar-refractivity contribution >= 4 is 28.8 Å². The van der Waals surface area contributed by atoms with E-state index < -0.39 is 36.0 Å². The van der Waals surface area contributed by atoms with Crippen LogP contribution in [-0.4, -0.2) is 28.4 Å². The number of unbranched alkanes of at least 4 members (excludes halogenated alkanes) is 1. The number of rotatable bonds is 7. The largest absolute Gasteiger partial charge is 0.465 e. The highest BCUT2D eigenvalue weighted by atomic mass is 32.2. The van der Waals surface area contributed by atoms with Crippen LogP contribution in [0, 0.1) is 11.3 Å². The van der Waals surface area contributed by atoms with Crippen molar-refractivity contribution in [2.24, 2.45) is 0 Å². The van der Waals surface area contributed by atoms with Gasteiger partial charge < -0.3 is 9.30 Å². The average Bonchev–Trinajstić information content (AvgIpc) is 3.11. The maximum atomic E-state index is 13.7. The molecule has 12 heteroatoms. The number of aromatic nitrogens is 2. The Kier molecular flexibility index (Phi) is 7.45. The Morgan fingerprint density at radius 1 is 1.12 bits per heavy atom. The van der Waals surface area contributed by atoms with E-state index in [0.29, 0.717) is 34.4 Å². The molecular formula is C22H17F6N3O2S. The number of ether oxygens (including phenoxy) is 1. The molecule has 180 valence electrons. The number of alkyl halides is 6. The van der Waals surface area contributed by atoms with Gasteiger partial charge in [0, 0.05) is 12.2 Å². The number of carbonyl (C=O) groups is 1. The number of esters is 1. The first-order chi connectivity index (χ1) is 16.0. The second kappa shape index (κ2) is 9.97. The summed E-state index contributed by atoms with van der Waals surface area (Å²) in [5.41, 5.74) is -2.36. The zero-order chi connectivity index (χ0) is 25.1. The fraction of sp³-hybridized carbons (Fsp3) is 0.318. The van der Waals surface area contributed by atoms with E-state index in [2.05, 4.69) is 4.98 Å². The van der Waals surface area contributed by atoms with Gasteiger partial charge in [-0.1, -0.05) is 17.8 Å². The van der Waals surface area contributed by atoms with E-state index >= 15 is 0 Å². The first-order valence-electron chi connectivity index (χ1n) is 9.81. The van der Waals surface area contributed by atoms with E-state index in [1.54, 1.807) is 0 Å². The summed E-state index contributed by atoms with van der Waals surface area (Å²) in [6, 6.07) is 7.85. The molecule has 3 rings (SSSR count). The van der Waals surface area contributed by atoms with Crippen molar-refractivity contribution in [1.29, 1.82) is 5.26 Å². The molecule has 34 heavy (non-hydrogen) atoms. The Labute approximate surface area is 194 Å². The van der Waals surface area contributed by atoms with Gasteiger partial charge in [-0.25, -0.2) is 9.78 Å². The monoisotopic (exact) mass is 501 g/mol. The van der Waals surface area contributed by atoms with Gasteiger partial charge in [-0.05, 0) is 42.3 Å². The van der Waals surface area contributed by atoms with Gasteiger partial charge in [0.25, 0.3) is 0 Å². The average molecular weight is 501 g/mol. The van der Waals surface area contributed by atoms with Gasteiger partial charge in [0.15, 0.2) is 5.16 Å². The van der Waals surface area contributed by atoms with Crippen LogP contribution < -0.4 is 0 Å². The normalized spacial score (nSPS) is 12.1. The minimum atomic E-state index is -5.02. The second-order valence-electron chi connectivity index (χ2n) is 7.15. The molecule has 0 aliphatic rings. The molecule has 0 fully saturated rings. The number of halogens is 6. The van der Waals surface area contributed by atoms with Crippen LogP contribution in [-0.2, 0) is 23.6 Å². The van der Waals surface area contributed by atoms with Crippen molar-refractivity contribution in [2.75, 3.05) is 12.9 Å². The maximum Gasteiger partial charge on any atom is 0.416 e. The molecule has 0 aliphatic carbocycles. The number of fused-ring (bicyclic) bond motifs is 1. The lowest BCUT2D eigenvalue weighted by molar-refractivity contribution is -0.143. The van der Waals surface area contributed by atoms with Gasteiger partial charge in [0.1, 0.15) is 0 Å². The zero-order valence-corrected chi connectivity index (χ0v) is 18.4. The molecule has 5 nitrogen and oxygen atoms in total. The summed E-state index contributed by atoms with van der Waals surface area (Å²) < 4.78 is 86.2. The molecule has 2 aromatic carbocycles. The number of imidazole rings is 1. The molecule has 0 saturated heterocycles. The van der Waals surface area contributed by atoms with E-state index in [0.717, 1.165) is 6.07 Å². The lowest BCUT2D eigenvalue weighted by atomic mass is 10.0. The van der Waals surface area contributed by atoms with E-state index in [1.165, 1.54) is 41.6 Å². The van der Waals surface area contributed by atoms with Crippen LogP contribution in [0.2, 0.25) is 0 Å². The Hall–Kier alpha value is -3.20. The third-order valence-electron chi connectivity index (χ3n) is 4.87. The Bertz CT molecular complexity index is 1240. The lowest BCUT2D eigenvalue weighted by Gasteiger charge is -2.17. The molecular weight excluding hydrogens is 484 g/mol. The molecule has 0 amide bonds. The molecule has 3 aromatic rings. The second-order valence-corrected chi connectivity index (χ2v) is 8.22. The summed E-state index contributed by atoms with van der Waals surface area (Å²) in [5, 5.41) is 9.02. The number of benzene rings is 2. The Balaban J connectivity index is 2.13. The predicted molar refractivity (Wildman–Crippen MR) is 112 cm³/mol. The fourth-order valence-corrected chi connectivity index (χ4v) is 4.20. The van der Waals surface area contributed by atoms with E-state index in [9.17, 15) is 31.1 Å². The van der Waals surface area contributed by atoms with Crippen LogP contribution in [0.1, 0.15) is 39.9 Å². The highest BCUT2D eigenvalue weighted by Crippen LogP contribution is 2.38. The van der Waals surface area contributed by atoms with Crippen molar-refractivity contribution in [3.8, 4) is 6.07 Å². The highest BCUT2D eigenvalue weighted by molar-refractivity contribution is 7.99. The minimum absolute atomic E-state index is 0.0913. The SMILES string of the molecule is COC(=O)c1ccc2nc(SCCCC#N)n(Cc3ccc(C(F)(F)F)cc3C(F)(F)F)c2c1. The summed E-state index contributed by atoms with van der Waals surface area (Å²) >= 11 is 1.20. The number of hydrogen-bond donors (Lipinski definition) is 0. The van der Waals surface area contributed by atoms with Gasteiger partial charge >= 0.3 is 18.3 Å². The fourth-order valence-electron chi connectivity index (χ4n) is 3.25. The molecule has 0 spiro atoms. The van der Waals surface area contributed by atoms with Crippen molar-refractivity contribution < 1.29 is 35.9 Å². The van der Waals surface area contributed by atoms with Crippen LogP contribution in [0.4, 0.5) is 26.3 Å². The Morgan fingerprint density at radius 3 is 2.47 bits per heavy atom. The van der Waals surface area contributed by atoms with Crippen LogP contribution in [0.25, 0.3) is 11.0 Å². The van der Waals surface area contributed by atoms with Crippen LogP contribution >= 0.6 is 11.8 Å². The quantitative estimate of drug-likeness (QED) is 0.164. The number of methoxy groups -OCH3 is 1. The number of carbonyl (C=O) groups excluding carboxylic acids is 1. The third-order valence-corrected chi connectivity index (χ3v) is 5.93. The minimum Gasteiger partial charge on any atom is -0.465 e. The van der Waals surface area contributed by atoms with Crippen LogP contribution in [0.15, 0.2) is 41.6 Å². The molecule has 1 aromatic heterocycles. The zero-order valence-electron chi connectivity index (χ0n) is 17.6. The molecule has 1 heterocycles. The van der Waals surface area contributed by atoms with Crippen molar-refractivity contribution in [3.63, 3.8) is 0 Å². The van der Waals surface area contributed by atoms with Crippen molar-refractivity contribution in [3.05, 3.63) is 58.7 Å². The van der Waals surface area contributed by atoms with Crippen LogP contribution in [0.5, 0.6) is 0 Å². The van der Waals surface area contributed by atoms with Gasteiger partial charge in [-0.3, -0.25) is 0 Å². The molecule has 0 aliphatic heterocycles. The first-order valence-corrected chi connectivity index (χ1v) is 10.8. The van der Waals surface area contributed by atoms with Gasteiger partial charge in [-0.2, -0.15) is 31.6 Å². The molecule has 0 bridgehead atoms. The summed E-state index contributed by atoms with van der Waals surface area (Å²) in [4.78, 5) is 16.4. The molecule has 0 atom stereocenters. The van der Waals surface area contributed by atoms with E-state index in [1.807, 2.05) is 6.07 Å². The standard InChI is InChI=1S/C22H17F6N3O2S/c1-33-19(32)13-5-7-17-18(10-13)31(20(30-17)34-9-3-2-8-29)12-14-4-6-15(21(23,24)25)11-16(14)22(26,27)28/h4-7,10-11H,2-3,9,12H2,1H3. The smallest absolute Gasteiger partial charge is 0.416 e. The Morgan fingerprint density at radius 2 is 1.85 bits per heavy atom. The number of nitrogens with zero attached hydrogens (tertiary/aromatic N) is 3. The first kappa shape index (κ1) is 25.4. The van der Waals surface area contributed by atoms with Crippen LogP contribution in [0.3, 0.4) is 0 Å². The highest BCUT2D eigenvalue weighted by Gasteiger charge is 2.38. The number of nitriles is 1. The van der Waals surface area contributed by atoms with Crippen molar-refractivity contribution in [2.45, 2.75) is 36.9 Å². The van der Waals surface area contributed by atoms with Gasteiger partial charge in [-0.15, -0.1) is 0 Å². The van der Waals surface area contributed by atoms with Gasteiger partial charge in [0.05, 0.1) is 47.4 Å². The number of hydrogen-bond acceptors (Lipinski definition) is 5. The number of thioether (sulfide) groups is 1. The molecule has 0 N–H and O–H groups in total. The molecule has 0 radical (unpaired) electrons. The predicted octanol–water partition coefficient (Wildman–Crippen LogP) is 6.30.